The molecule has 0 aliphatic rings. The summed E-state index contributed by atoms with van der Waals surface area (Å²) in [6, 6.07) is 5.02. The predicted octanol–water partition coefficient (Wildman–Crippen LogP) is 1.30. The first-order valence-corrected chi connectivity index (χ1v) is 6.55. The third kappa shape index (κ3) is 4.27. The number of benzene rings is 1. The number of carbonyl (C=O) groups is 1. The summed E-state index contributed by atoms with van der Waals surface area (Å²) in [7, 11) is 3.05. The van der Waals surface area contributed by atoms with Gasteiger partial charge in [0.25, 0.3) is 5.91 Å². The number of nitrogens with zero attached hydrogens (tertiary/aromatic N) is 2. The molecular weight excluding hydrogens is 274 g/mol. The fraction of sp³-hybridized carbons (Fsp3) is 0.429. The van der Waals surface area contributed by atoms with Crippen LogP contribution in [0.3, 0.4) is 0 Å². The van der Waals surface area contributed by atoms with E-state index in [4.69, 9.17) is 20.4 Å². The molecule has 0 saturated carbocycles. The van der Waals surface area contributed by atoms with Crippen molar-refractivity contribution in [2.45, 2.75) is 13.3 Å². The SMILES string of the molecule is CCN(CCC(N)=NO)C(=O)c1ccc(OC)cc1OC. The Hall–Kier alpha value is -2.44. The number of oxime groups is 1. The lowest BCUT2D eigenvalue weighted by molar-refractivity contribution is 0.0765. The molecule has 1 aromatic rings. The quantitative estimate of drug-likeness (QED) is 0.342. The topological polar surface area (TPSA) is 97.4 Å². The highest BCUT2D eigenvalue weighted by Gasteiger charge is 2.19. The van der Waals surface area contributed by atoms with E-state index in [1.165, 1.54) is 7.11 Å². The van der Waals surface area contributed by atoms with Gasteiger partial charge in [-0.2, -0.15) is 0 Å². The summed E-state index contributed by atoms with van der Waals surface area (Å²) in [6.45, 7) is 2.73. The van der Waals surface area contributed by atoms with Gasteiger partial charge in [-0.1, -0.05) is 5.16 Å². The van der Waals surface area contributed by atoms with Crippen molar-refractivity contribution in [3.05, 3.63) is 23.8 Å². The van der Waals surface area contributed by atoms with Crippen LogP contribution in [0.2, 0.25) is 0 Å². The average molecular weight is 295 g/mol. The molecule has 1 amide bonds. The molecule has 0 heterocycles. The first kappa shape index (κ1) is 16.6. The molecule has 1 rings (SSSR count). The molecule has 0 aliphatic carbocycles. The normalized spacial score (nSPS) is 11.1. The number of methoxy groups -OCH3 is 2. The Morgan fingerprint density at radius 2 is 2.10 bits per heavy atom. The zero-order valence-corrected chi connectivity index (χ0v) is 12.5. The molecule has 0 spiro atoms. The molecule has 0 unspecified atom stereocenters. The van der Waals surface area contributed by atoms with E-state index >= 15 is 0 Å². The highest BCUT2D eigenvalue weighted by molar-refractivity contribution is 5.97. The number of amides is 1. The first-order chi connectivity index (χ1) is 10.1. The molecular formula is C14H21N3O4. The molecule has 21 heavy (non-hydrogen) atoms. The van der Waals surface area contributed by atoms with E-state index < -0.39 is 0 Å². The van der Waals surface area contributed by atoms with Gasteiger partial charge in [-0.15, -0.1) is 0 Å². The van der Waals surface area contributed by atoms with Gasteiger partial charge in [-0.3, -0.25) is 4.79 Å². The average Bonchev–Trinajstić information content (AvgIpc) is 2.53. The number of amidine groups is 1. The fourth-order valence-corrected chi connectivity index (χ4v) is 1.85. The minimum atomic E-state index is -0.178. The van der Waals surface area contributed by atoms with E-state index in [0.717, 1.165) is 0 Å². The van der Waals surface area contributed by atoms with Crippen molar-refractivity contribution in [3.63, 3.8) is 0 Å². The van der Waals surface area contributed by atoms with Crippen LogP contribution in [0.5, 0.6) is 11.5 Å². The van der Waals surface area contributed by atoms with Crippen LogP contribution >= 0.6 is 0 Å². The Morgan fingerprint density at radius 1 is 1.38 bits per heavy atom. The van der Waals surface area contributed by atoms with Crippen molar-refractivity contribution in [3.8, 4) is 11.5 Å². The second-order valence-electron chi connectivity index (χ2n) is 4.29. The summed E-state index contributed by atoms with van der Waals surface area (Å²) in [6.07, 6.45) is 0.300. The predicted molar refractivity (Wildman–Crippen MR) is 79.1 cm³/mol. The minimum Gasteiger partial charge on any atom is -0.497 e. The Morgan fingerprint density at radius 3 is 2.62 bits per heavy atom. The van der Waals surface area contributed by atoms with Gasteiger partial charge in [0.2, 0.25) is 0 Å². The van der Waals surface area contributed by atoms with Crippen LogP contribution in [0.25, 0.3) is 0 Å². The van der Waals surface area contributed by atoms with Crippen LogP contribution < -0.4 is 15.2 Å². The second kappa shape index (κ2) is 7.98. The molecule has 0 saturated heterocycles. The molecule has 0 bridgehead atoms. The molecule has 0 aromatic heterocycles. The molecule has 0 aliphatic heterocycles. The van der Waals surface area contributed by atoms with Crippen molar-refractivity contribution in [1.82, 2.24) is 4.90 Å². The maximum atomic E-state index is 12.5. The van der Waals surface area contributed by atoms with E-state index in [0.29, 0.717) is 36.6 Å². The van der Waals surface area contributed by atoms with Crippen LogP contribution in [0.1, 0.15) is 23.7 Å². The third-order valence-corrected chi connectivity index (χ3v) is 3.07. The number of ether oxygens (including phenoxy) is 2. The maximum absolute atomic E-state index is 12.5. The van der Waals surface area contributed by atoms with E-state index in [1.54, 1.807) is 30.2 Å². The molecule has 7 nitrogen and oxygen atoms in total. The molecule has 3 N–H and O–H groups in total. The zero-order valence-electron chi connectivity index (χ0n) is 12.5. The maximum Gasteiger partial charge on any atom is 0.257 e. The summed E-state index contributed by atoms with van der Waals surface area (Å²) in [5.41, 5.74) is 5.87. The first-order valence-electron chi connectivity index (χ1n) is 6.55. The fourth-order valence-electron chi connectivity index (χ4n) is 1.85. The number of hydrogen-bond acceptors (Lipinski definition) is 5. The highest BCUT2D eigenvalue weighted by Crippen LogP contribution is 2.25. The smallest absolute Gasteiger partial charge is 0.257 e. The van der Waals surface area contributed by atoms with Crippen LogP contribution in [0, 0.1) is 0 Å². The van der Waals surface area contributed by atoms with Crippen LogP contribution in [0.4, 0.5) is 0 Å². The highest BCUT2D eigenvalue weighted by atomic mass is 16.5. The summed E-state index contributed by atoms with van der Waals surface area (Å²) < 4.78 is 10.3. The molecule has 7 heteroatoms. The Kier molecular flexibility index (Phi) is 6.32. The lowest BCUT2D eigenvalue weighted by Crippen LogP contribution is -2.34. The Labute approximate surface area is 123 Å². The number of carbonyl (C=O) groups excluding carboxylic acids is 1. The molecule has 0 atom stereocenters. The van der Waals surface area contributed by atoms with E-state index in [-0.39, 0.29) is 11.7 Å². The Balaban J connectivity index is 2.94. The monoisotopic (exact) mass is 295 g/mol. The minimum absolute atomic E-state index is 0.0861. The van der Waals surface area contributed by atoms with Crippen molar-refractivity contribution in [2.75, 3.05) is 27.3 Å². The second-order valence-corrected chi connectivity index (χ2v) is 4.29. The largest absolute Gasteiger partial charge is 0.497 e. The van der Waals surface area contributed by atoms with Crippen molar-refractivity contribution < 1.29 is 19.5 Å². The summed E-state index contributed by atoms with van der Waals surface area (Å²) >= 11 is 0. The van der Waals surface area contributed by atoms with Gasteiger partial charge in [0.05, 0.1) is 19.8 Å². The van der Waals surface area contributed by atoms with Crippen LogP contribution in [0.15, 0.2) is 23.4 Å². The van der Waals surface area contributed by atoms with Gasteiger partial charge in [0.1, 0.15) is 17.3 Å². The third-order valence-electron chi connectivity index (χ3n) is 3.07. The van der Waals surface area contributed by atoms with Crippen molar-refractivity contribution in [2.24, 2.45) is 10.9 Å². The van der Waals surface area contributed by atoms with E-state index in [1.807, 2.05) is 6.92 Å². The summed E-state index contributed by atoms with van der Waals surface area (Å²) in [5.74, 6) is 0.968. The van der Waals surface area contributed by atoms with E-state index in [2.05, 4.69) is 5.16 Å². The number of rotatable bonds is 7. The van der Waals surface area contributed by atoms with Gasteiger partial charge in [-0.05, 0) is 19.1 Å². The van der Waals surface area contributed by atoms with Gasteiger partial charge < -0.3 is 25.3 Å². The van der Waals surface area contributed by atoms with Gasteiger partial charge in [0.15, 0.2) is 0 Å². The standard InChI is InChI=1S/C14H21N3O4/c1-4-17(8-7-13(15)16-19)14(18)11-6-5-10(20-2)9-12(11)21-3/h5-6,9,19H,4,7-8H2,1-3H3,(H2,15,16). The molecule has 116 valence electrons. The van der Waals surface area contributed by atoms with Crippen molar-refractivity contribution >= 4 is 11.7 Å². The Bertz CT molecular complexity index is 517. The number of nitrogens with two attached hydrogens (primary N) is 1. The number of hydrogen-bond donors (Lipinski definition) is 2. The van der Waals surface area contributed by atoms with Crippen LogP contribution in [-0.2, 0) is 0 Å². The molecule has 0 fully saturated rings. The van der Waals surface area contributed by atoms with Gasteiger partial charge in [-0.25, -0.2) is 0 Å². The molecule has 1 aromatic carbocycles. The summed E-state index contributed by atoms with van der Waals surface area (Å²) in [4.78, 5) is 14.1. The summed E-state index contributed by atoms with van der Waals surface area (Å²) in [5, 5.41) is 11.4. The lowest BCUT2D eigenvalue weighted by Gasteiger charge is -2.22. The van der Waals surface area contributed by atoms with Gasteiger partial charge in [0, 0.05) is 25.6 Å². The zero-order chi connectivity index (χ0) is 15.8. The van der Waals surface area contributed by atoms with Crippen LogP contribution in [-0.4, -0.2) is 49.2 Å². The van der Waals surface area contributed by atoms with E-state index in [9.17, 15) is 4.79 Å². The lowest BCUT2D eigenvalue weighted by atomic mass is 10.1. The van der Waals surface area contributed by atoms with Crippen molar-refractivity contribution in [1.29, 1.82) is 0 Å². The van der Waals surface area contributed by atoms with Gasteiger partial charge >= 0.3 is 0 Å². The molecule has 0 radical (unpaired) electrons.